The van der Waals surface area contributed by atoms with E-state index in [0.29, 0.717) is 5.03 Å². The van der Waals surface area contributed by atoms with Gasteiger partial charge in [0.25, 0.3) is 0 Å². The Morgan fingerprint density at radius 1 is 1.17 bits per heavy atom. The van der Waals surface area contributed by atoms with Gasteiger partial charge in [-0.3, -0.25) is 0 Å². The minimum Gasteiger partial charge on any atom is -0.222 e. The average Bonchev–Trinajstić information content (AvgIpc) is 2.87. The van der Waals surface area contributed by atoms with E-state index in [1.54, 1.807) is 4.68 Å². The number of benzene rings is 1. The van der Waals surface area contributed by atoms with E-state index in [0.717, 1.165) is 36.2 Å². The number of para-hydroxylation sites is 1. The zero-order valence-electron chi connectivity index (χ0n) is 10.1. The molecule has 0 atom stereocenters. The number of aromatic nitrogens is 2. The summed E-state index contributed by atoms with van der Waals surface area (Å²) in [6, 6.07) is 9.41. The summed E-state index contributed by atoms with van der Waals surface area (Å²) in [5, 5.41) is 4.83. The van der Waals surface area contributed by atoms with Crippen molar-refractivity contribution in [3.05, 3.63) is 41.6 Å². The second-order valence-corrected chi connectivity index (χ2v) is 6.53. The second kappa shape index (κ2) is 3.95. The summed E-state index contributed by atoms with van der Waals surface area (Å²) < 4.78 is 25.5. The summed E-state index contributed by atoms with van der Waals surface area (Å²) in [6.45, 7) is 0. The standard InChI is InChI=1S/C13H14N2O2S/c1-18(16,17)13-11-8-5-9-12(11)14-15(13)10-6-3-2-4-7-10/h2-4,6-7H,5,8-9H2,1H3. The highest BCUT2D eigenvalue weighted by Crippen LogP contribution is 2.29. The maximum absolute atomic E-state index is 12.0. The van der Waals surface area contributed by atoms with Crippen LogP contribution in [-0.4, -0.2) is 24.5 Å². The van der Waals surface area contributed by atoms with Gasteiger partial charge in [0.15, 0.2) is 14.9 Å². The largest absolute Gasteiger partial charge is 0.222 e. The molecule has 18 heavy (non-hydrogen) atoms. The molecule has 0 saturated carbocycles. The lowest BCUT2D eigenvalue weighted by molar-refractivity contribution is 0.589. The van der Waals surface area contributed by atoms with Crippen molar-refractivity contribution >= 4 is 9.84 Å². The van der Waals surface area contributed by atoms with Crippen LogP contribution in [0.5, 0.6) is 0 Å². The van der Waals surface area contributed by atoms with Crippen LogP contribution in [0.25, 0.3) is 5.69 Å². The first-order valence-electron chi connectivity index (χ1n) is 5.93. The van der Waals surface area contributed by atoms with Crippen LogP contribution in [0.2, 0.25) is 0 Å². The minimum absolute atomic E-state index is 0.362. The van der Waals surface area contributed by atoms with E-state index in [-0.39, 0.29) is 0 Å². The van der Waals surface area contributed by atoms with Gasteiger partial charge >= 0.3 is 0 Å². The average molecular weight is 262 g/mol. The van der Waals surface area contributed by atoms with E-state index < -0.39 is 9.84 Å². The van der Waals surface area contributed by atoms with Gasteiger partial charge in [0.1, 0.15) is 0 Å². The number of nitrogens with zero attached hydrogens (tertiary/aromatic N) is 2. The Kier molecular flexibility index (Phi) is 2.52. The Balaban J connectivity index is 2.29. The fourth-order valence-corrected chi connectivity index (χ4v) is 3.62. The Bertz CT molecular complexity index is 687. The molecule has 0 aliphatic heterocycles. The molecule has 0 spiro atoms. The molecule has 1 aromatic carbocycles. The van der Waals surface area contributed by atoms with Crippen LogP contribution in [0.15, 0.2) is 35.4 Å². The Labute approximate surface area is 106 Å². The first-order chi connectivity index (χ1) is 8.57. The molecule has 94 valence electrons. The molecular weight excluding hydrogens is 248 g/mol. The van der Waals surface area contributed by atoms with Gasteiger partial charge in [-0.15, -0.1) is 0 Å². The normalized spacial score (nSPS) is 14.7. The summed E-state index contributed by atoms with van der Waals surface area (Å²) in [5.74, 6) is 0. The fourth-order valence-electron chi connectivity index (χ4n) is 2.49. The van der Waals surface area contributed by atoms with Crippen molar-refractivity contribution in [1.82, 2.24) is 9.78 Å². The van der Waals surface area contributed by atoms with E-state index in [9.17, 15) is 8.42 Å². The predicted molar refractivity (Wildman–Crippen MR) is 68.7 cm³/mol. The molecule has 0 bridgehead atoms. The van der Waals surface area contributed by atoms with E-state index in [4.69, 9.17) is 0 Å². The van der Waals surface area contributed by atoms with Gasteiger partial charge in [0.05, 0.1) is 11.4 Å². The molecular formula is C13H14N2O2S. The van der Waals surface area contributed by atoms with Crippen LogP contribution in [0.3, 0.4) is 0 Å². The molecule has 2 aromatic rings. The van der Waals surface area contributed by atoms with Crippen molar-refractivity contribution in [2.45, 2.75) is 24.3 Å². The van der Waals surface area contributed by atoms with Crippen LogP contribution in [0, 0.1) is 0 Å². The van der Waals surface area contributed by atoms with Crippen LogP contribution in [0.4, 0.5) is 0 Å². The lowest BCUT2D eigenvalue weighted by atomic mass is 10.3. The highest BCUT2D eigenvalue weighted by molar-refractivity contribution is 7.90. The number of rotatable bonds is 2. The number of hydrogen-bond donors (Lipinski definition) is 0. The van der Waals surface area contributed by atoms with Crippen molar-refractivity contribution in [2.75, 3.05) is 6.26 Å². The predicted octanol–water partition coefficient (Wildman–Crippen LogP) is 1.76. The van der Waals surface area contributed by atoms with Gasteiger partial charge in [-0.2, -0.15) is 5.10 Å². The molecule has 1 aliphatic rings. The van der Waals surface area contributed by atoms with Gasteiger partial charge in [0, 0.05) is 11.8 Å². The maximum Gasteiger partial charge on any atom is 0.193 e. The molecule has 3 rings (SSSR count). The number of hydrogen-bond acceptors (Lipinski definition) is 3. The Morgan fingerprint density at radius 2 is 1.89 bits per heavy atom. The van der Waals surface area contributed by atoms with Crippen molar-refractivity contribution in [2.24, 2.45) is 0 Å². The number of sulfone groups is 1. The first kappa shape index (κ1) is 11.5. The van der Waals surface area contributed by atoms with Crippen molar-refractivity contribution in [3.8, 4) is 5.69 Å². The number of aryl methyl sites for hydroxylation is 1. The SMILES string of the molecule is CS(=O)(=O)c1c2c(nn1-c1ccccc1)CCC2. The minimum atomic E-state index is -3.26. The maximum atomic E-state index is 12.0. The highest BCUT2D eigenvalue weighted by Gasteiger charge is 2.28. The lowest BCUT2D eigenvalue weighted by Gasteiger charge is -2.07. The topological polar surface area (TPSA) is 52.0 Å². The lowest BCUT2D eigenvalue weighted by Crippen LogP contribution is -2.09. The van der Waals surface area contributed by atoms with E-state index in [2.05, 4.69) is 5.10 Å². The molecule has 1 aromatic heterocycles. The smallest absolute Gasteiger partial charge is 0.193 e. The van der Waals surface area contributed by atoms with Gasteiger partial charge in [-0.05, 0) is 31.4 Å². The van der Waals surface area contributed by atoms with E-state index >= 15 is 0 Å². The number of fused-ring (bicyclic) bond motifs is 1. The highest BCUT2D eigenvalue weighted by atomic mass is 32.2. The Morgan fingerprint density at radius 3 is 2.56 bits per heavy atom. The monoisotopic (exact) mass is 262 g/mol. The van der Waals surface area contributed by atoms with Crippen LogP contribution in [0.1, 0.15) is 17.7 Å². The summed E-state index contributed by atoms with van der Waals surface area (Å²) in [7, 11) is -3.26. The third-order valence-electron chi connectivity index (χ3n) is 3.21. The van der Waals surface area contributed by atoms with Gasteiger partial charge in [-0.25, -0.2) is 13.1 Å². The zero-order valence-corrected chi connectivity index (χ0v) is 10.9. The van der Waals surface area contributed by atoms with Crippen LogP contribution < -0.4 is 0 Å². The molecule has 1 heterocycles. The van der Waals surface area contributed by atoms with Gasteiger partial charge < -0.3 is 0 Å². The molecule has 0 unspecified atom stereocenters. The third-order valence-corrected chi connectivity index (χ3v) is 4.33. The zero-order chi connectivity index (χ0) is 12.8. The van der Waals surface area contributed by atoms with E-state index in [1.807, 2.05) is 30.3 Å². The van der Waals surface area contributed by atoms with Gasteiger partial charge in [0.2, 0.25) is 0 Å². The molecule has 5 heteroatoms. The summed E-state index contributed by atoms with van der Waals surface area (Å²) in [6.07, 6.45) is 3.93. The van der Waals surface area contributed by atoms with E-state index in [1.165, 1.54) is 6.26 Å². The van der Waals surface area contributed by atoms with Crippen molar-refractivity contribution in [1.29, 1.82) is 0 Å². The summed E-state index contributed by atoms with van der Waals surface area (Å²) in [5.41, 5.74) is 2.63. The second-order valence-electron chi connectivity index (χ2n) is 4.60. The quantitative estimate of drug-likeness (QED) is 0.828. The molecule has 0 fully saturated rings. The Hall–Kier alpha value is -1.62. The van der Waals surface area contributed by atoms with Crippen LogP contribution in [-0.2, 0) is 22.7 Å². The van der Waals surface area contributed by atoms with Gasteiger partial charge in [-0.1, -0.05) is 18.2 Å². The summed E-state index contributed by atoms with van der Waals surface area (Å²) >= 11 is 0. The van der Waals surface area contributed by atoms with Crippen LogP contribution >= 0.6 is 0 Å². The van der Waals surface area contributed by atoms with Crippen molar-refractivity contribution < 1.29 is 8.42 Å². The molecule has 0 saturated heterocycles. The molecule has 0 radical (unpaired) electrons. The molecule has 0 N–H and O–H groups in total. The van der Waals surface area contributed by atoms with Crippen molar-refractivity contribution in [3.63, 3.8) is 0 Å². The molecule has 1 aliphatic carbocycles. The summed E-state index contributed by atoms with van der Waals surface area (Å²) in [4.78, 5) is 0. The molecule has 0 amide bonds. The third kappa shape index (κ3) is 1.75. The first-order valence-corrected chi connectivity index (χ1v) is 7.83. The fraction of sp³-hybridized carbons (Fsp3) is 0.308. The molecule has 4 nitrogen and oxygen atoms in total.